The number of alkyl halides is 2. The number of aryl methyl sites for hydroxylation is 1. The molecule has 2 rings (SSSR count). The van der Waals surface area contributed by atoms with E-state index >= 15 is 0 Å². The van der Waals surface area contributed by atoms with E-state index in [0.29, 0.717) is 6.07 Å². The number of rotatable bonds is 6. The van der Waals surface area contributed by atoms with Gasteiger partial charge in [0.25, 0.3) is 0 Å². The van der Waals surface area contributed by atoms with Crippen LogP contribution in [0.5, 0.6) is 5.75 Å². The summed E-state index contributed by atoms with van der Waals surface area (Å²) in [5, 5.41) is 17.0. The number of aromatic nitrogens is 2. The molecule has 1 unspecified atom stereocenters. The summed E-state index contributed by atoms with van der Waals surface area (Å²) in [5.74, 6) is -2.07. The average molecular weight is 358 g/mol. The molecule has 0 aliphatic heterocycles. The van der Waals surface area contributed by atoms with Crippen LogP contribution in [0.4, 0.5) is 24.5 Å². The van der Waals surface area contributed by atoms with E-state index in [9.17, 15) is 28.1 Å². The minimum atomic E-state index is -3.20. The zero-order valence-electron chi connectivity index (χ0n) is 13.1. The van der Waals surface area contributed by atoms with Crippen LogP contribution in [0.25, 0.3) is 0 Å². The third-order valence-electron chi connectivity index (χ3n) is 3.28. The van der Waals surface area contributed by atoms with Crippen molar-refractivity contribution >= 4 is 17.3 Å². The van der Waals surface area contributed by atoms with E-state index in [1.165, 1.54) is 13.8 Å². The van der Waals surface area contributed by atoms with E-state index in [0.717, 1.165) is 23.0 Å². The van der Waals surface area contributed by atoms with Crippen molar-refractivity contribution in [1.82, 2.24) is 9.78 Å². The summed E-state index contributed by atoms with van der Waals surface area (Å²) in [5.41, 5.74) is -0.312. The van der Waals surface area contributed by atoms with Crippen molar-refractivity contribution in [3.8, 4) is 5.75 Å². The number of hydrogen-bond donors (Lipinski definition) is 1. The van der Waals surface area contributed by atoms with Crippen molar-refractivity contribution in [3.05, 3.63) is 46.0 Å². The molecule has 0 radical (unpaired) electrons. The number of benzene rings is 1. The number of anilines is 1. The van der Waals surface area contributed by atoms with Crippen molar-refractivity contribution in [2.24, 2.45) is 0 Å². The van der Waals surface area contributed by atoms with E-state index in [2.05, 4.69) is 15.2 Å². The maximum atomic E-state index is 13.2. The molecule has 0 aliphatic rings. The minimum absolute atomic E-state index is 0.119. The first-order valence-electron chi connectivity index (χ1n) is 6.94. The van der Waals surface area contributed by atoms with Crippen LogP contribution in [-0.2, 0) is 4.79 Å². The molecule has 1 amide bonds. The van der Waals surface area contributed by atoms with Crippen LogP contribution in [0.2, 0.25) is 0 Å². The van der Waals surface area contributed by atoms with Crippen molar-refractivity contribution in [3.63, 3.8) is 0 Å². The maximum Gasteiger partial charge on any atom is 0.387 e. The van der Waals surface area contributed by atoms with Crippen molar-refractivity contribution in [1.29, 1.82) is 0 Å². The van der Waals surface area contributed by atoms with Crippen LogP contribution in [0, 0.1) is 22.9 Å². The van der Waals surface area contributed by atoms with E-state index in [1.807, 2.05) is 0 Å². The number of hydrogen-bond acceptors (Lipinski definition) is 5. The largest absolute Gasteiger partial charge is 0.432 e. The molecule has 0 bridgehead atoms. The van der Waals surface area contributed by atoms with Gasteiger partial charge in [0.15, 0.2) is 5.75 Å². The predicted octanol–water partition coefficient (Wildman–Crippen LogP) is 3.04. The average Bonchev–Trinajstić information content (AvgIpc) is 2.90. The second kappa shape index (κ2) is 7.20. The van der Waals surface area contributed by atoms with Gasteiger partial charge in [-0.3, -0.25) is 19.6 Å². The normalized spacial score (nSPS) is 12.1. The lowest BCUT2D eigenvalue weighted by Crippen LogP contribution is -2.24. The number of amides is 1. The molecule has 1 aromatic carbocycles. The van der Waals surface area contributed by atoms with Gasteiger partial charge < -0.3 is 10.1 Å². The molecule has 1 aromatic heterocycles. The van der Waals surface area contributed by atoms with Gasteiger partial charge in [0, 0.05) is 6.07 Å². The van der Waals surface area contributed by atoms with Crippen LogP contribution in [-0.4, -0.2) is 27.2 Å². The van der Waals surface area contributed by atoms with E-state index < -0.39 is 35.1 Å². The van der Waals surface area contributed by atoms with Gasteiger partial charge in [0.2, 0.25) is 5.91 Å². The van der Waals surface area contributed by atoms with Crippen LogP contribution >= 0.6 is 0 Å². The quantitative estimate of drug-likeness (QED) is 0.632. The third-order valence-corrected chi connectivity index (χ3v) is 3.28. The molecule has 25 heavy (non-hydrogen) atoms. The smallest absolute Gasteiger partial charge is 0.387 e. The molecular weight excluding hydrogens is 345 g/mol. The molecule has 11 heteroatoms. The fourth-order valence-corrected chi connectivity index (χ4v) is 2.00. The number of nitrogens with zero attached hydrogens (tertiary/aromatic N) is 3. The predicted molar refractivity (Wildman–Crippen MR) is 80.0 cm³/mol. The Balaban J connectivity index is 2.22. The Morgan fingerprint density at radius 1 is 1.44 bits per heavy atom. The van der Waals surface area contributed by atoms with E-state index in [-0.39, 0.29) is 17.1 Å². The minimum Gasteiger partial charge on any atom is -0.432 e. The number of ether oxygens (including phenoxy) is 1. The van der Waals surface area contributed by atoms with Crippen LogP contribution < -0.4 is 10.1 Å². The lowest BCUT2D eigenvalue weighted by molar-refractivity contribution is -0.385. The molecule has 1 N–H and O–H groups in total. The van der Waals surface area contributed by atoms with Gasteiger partial charge in [0.1, 0.15) is 23.7 Å². The summed E-state index contributed by atoms with van der Waals surface area (Å²) in [6, 6.07) is 1.74. The fourth-order valence-electron chi connectivity index (χ4n) is 2.00. The standard InChI is InChI=1S/C14H13F3N4O4/c1-7-11(21(23)24)6-20(19-7)8(2)13(22)18-10-4-3-9(15)5-12(10)25-14(16)17/h3-6,8,14H,1-2H3,(H,18,22). The Hall–Kier alpha value is -3.11. The van der Waals surface area contributed by atoms with Crippen molar-refractivity contribution in [2.75, 3.05) is 5.32 Å². The number of halogens is 3. The topological polar surface area (TPSA) is 99.3 Å². The van der Waals surface area contributed by atoms with Gasteiger partial charge >= 0.3 is 12.3 Å². The number of carbonyl (C=O) groups excluding carboxylic acids is 1. The summed E-state index contributed by atoms with van der Waals surface area (Å²) in [6.45, 7) is -0.387. The molecule has 0 fully saturated rings. The molecule has 8 nitrogen and oxygen atoms in total. The lowest BCUT2D eigenvalue weighted by atomic mass is 10.2. The SMILES string of the molecule is Cc1nn(C(C)C(=O)Nc2ccc(F)cc2OC(F)F)cc1[N+](=O)[O-]. The lowest BCUT2D eigenvalue weighted by Gasteiger charge is -2.15. The van der Waals surface area contributed by atoms with Gasteiger partial charge in [-0.15, -0.1) is 0 Å². The first kappa shape index (κ1) is 18.2. The molecule has 1 heterocycles. The molecule has 2 aromatic rings. The zero-order valence-corrected chi connectivity index (χ0v) is 13.1. The molecule has 0 saturated carbocycles. The van der Waals surface area contributed by atoms with Crippen LogP contribution in [0.15, 0.2) is 24.4 Å². The number of nitrogens with one attached hydrogen (secondary N) is 1. The Kier molecular flexibility index (Phi) is 5.25. The number of carbonyl (C=O) groups is 1. The van der Waals surface area contributed by atoms with Crippen molar-refractivity contribution < 1.29 is 27.6 Å². The Morgan fingerprint density at radius 3 is 2.68 bits per heavy atom. The molecule has 134 valence electrons. The van der Waals surface area contributed by atoms with Gasteiger partial charge in [-0.25, -0.2) is 4.39 Å². The molecule has 0 spiro atoms. The summed E-state index contributed by atoms with van der Waals surface area (Å²) in [4.78, 5) is 22.4. The van der Waals surface area contributed by atoms with Crippen molar-refractivity contribution in [2.45, 2.75) is 26.5 Å². The highest BCUT2D eigenvalue weighted by Crippen LogP contribution is 2.28. The summed E-state index contributed by atoms with van der Waals surface area (Å²) < 4.78 is 43.2. The highest BCUT2D eigenvalue weighted by atomic mass is 19.3. The van der Waals surface area contributed by atoms with E-state index in [1.54, 1.807) is 0 Å². The third kappa shape index (κ3) is 4.25. The zero-order chi connectivity index (χ0) is 18.7. The summed E-state index contributed by atoms with van der Waals surface area (Å²) in [7, 11) is 0. The van der Waals surface area contributed by atoms with Gasteiger partial charge in [-0.1, -0.05) is 0 Å². The van der Waals surface area contributed by atoms with Gasteiger partial charge in [-0.05, 0) is 26.0 Å². The van der Waals surface area contributed by atoms with Gasteiger partial charge in [-0.2, -0.15) is 13.9 Å². The maximum absolute atomic E-state index is 13.2. The molecule has 0 aliphatic carbocycles. The monoisotopic (exact) mass is 358 g/mol. The van der Waals surface area contributed by atoms with Crippen LogP contribution in [0.3, 0.4) is 0 Å². The highest BCUT2D eigenvalue weighted by molar-refractivity contribution is 5.94. The Bertz CT molecular complexity index is 809. The van der Waals surface area contributed by atoms with Gasteiger partial charge in [0.05, 0.1) is 10.6 Å². The molecular formula is C14H13F3N4O4. The fraction of sp³-hybridized carbons (Fsp3) is 0.286. The Labute approximate surface area is 139 Å². The van der Waals surface area contributed by atoms with Crippen LogP contribution in [0.1, 0.15) is 18.7 Å². The second-order valence-corrected chi connectivity index (χ2v) is 5.02. The first-order chi connectivity index (χ1) is 11.7. The summed E-state index contributed by atoms with van der Waals surface area (Å²) in [6.07, 6.45) is 1.08. The molecule has 1 atom stereocenters. The number of nitro groups is 1. The Morgan fingerprint density at radius 2 is 2.12 bits per heavy atom. The summed E-state index contributed by atoms with van der Waals surface area (Å²) >= 11 is 0. The highest BCUT2D eigenvalue weighted by Gasteiger charge is 2.23. The second-order valence-electron chi connectivity index (χ2n) is 5.02. The molecule has 0 saturated heterocycles. The van der Waals surface area contributed by atoms with E-state index in [4.69, 9.17) is 0 Å². The first-order valence-corrected chi connectivity index (χ1v) is 6.94.